The van der Waals surface area contributed by atoms with E-state index in [1.807, 2.05) is 38.1 Å². The maximum Gasteiger partial charge on any atom is 0.264 e. The molecule has 0 aliphatic carbocycles. The van der Waals surface area contributed by atoms with Gasteiger partial charge in [-0.25, -0.2) is 8.42 Å². The first-order valence-corrected chi connectivity index (χ1v) is 13.4. The Labute approximate surface area is 218 Å². The van der Waals surface area contributed by atoms with Gasteiger partial charge in [0, 0.05) is 13.6 Å². The average Bonchev–Trinajstić information content (AvgIpc) is 2.91. The molecule has 0 aliphatic heterocycles. The Morgan fingerprint density at radius 2 is 1.65 bits per heavy atom. The van der Waals surface area contributed by atoms with Crippen LogP contribution in [0.2, 0.25) is 0 Å². The summed E-state index contributed by atoms with van der Waals surface area (Å²) in [5, 5.41) is 2.62. The molecular formula is C28H33N3O5S. The van der Waals surface area contributed by atoms with Crippen LogP contribution < -0.4 is 14.4 Å². The minimum atomic E-state index is -4.12. The third-order valence-electron chi connectivity index (χ3n) is 6.04. The molecule has 0 radical (unpaired) electrons. The molecule has 0 aliphatic rings. The quantitative estimate of drug-likeness (QED) is 0.413. The summed E-state index contributed by atoms with van der Waals surface area (Å²) in [6.07, 6.45) is 0.369. The van der Waals surface area contributed by atoms with Crippen molar-refractivity contribution in [2.45, 2.75) is 37.8 Å². The van der Waals surface area contributed by atoms with Crippen LogP contribution in [0.25, 0.3) is 0 Å². The number of anilines is 1. The first-order chi connectivity index (χ1) is 17.7. The van der Waals surface area contributed by atoms with Crippen LogP contribution in [-0.2, 0) is 26.2 Å². The minimum absolute atomic E-state index is 0.0218. The van der Waals surface area contributed by atoms with Crippen molar-refractivity contribution in [2.24, 2.45) is 0 Å². The number of hydrogen-bond acceptors (Lipinski definition) is 5. The number of nitrogens with one attached hydrogen (secondary N) is 1. The summed E-state index contributed by atoms with van der Waals surface area (Å²) in [4.78, 5) is 28.0. The molecule has 0 saturated heterocycles. The van der Waals surface area contributed by atoms with Gasteiger partial charge >= 0.3 is 0 Å². The lowest BCUT2D eigenvalue weighted by Crippen LogP contribution is -2.51. The van der Waals surface area contributed by atoms with E-state index in [-0.39, 0.29) is 17.3 Å². The number of methoxy groups -OCH3 is 1. The van der Waals surface area contributed by atoms with Crippen LogP contribution >= 0.6 is 0 Å². The van der Waals surface area contributed by atoms with E-state index in [0.717, 1.165) is 15.4 Å². The summed E-state index contributed by atoms with van der Waals surface area (Å²) in [6.45, 7) is 3.46. The van der Waals surface area contributed by atoms with Crippen molar-refractivity contribution >= 4 is 27.5 Å². The van der Waals surface area contributed by atoms with E-state index in [2.05, 4.69) is 5.32 Å². The van der Waals surface area contributed by atoms with Crippen LogP contribution in [0.5, 0.6) is 5.75 Å². The first kappa shape index (κ1) is 27.7. The third kappa shape index (κ3) is 6.68. The summed E-state index contributed by atoms with van der Waals surface area (Å²) < 4.78 is 33.7. The molecule has 2 amide bonds. The van der Waals surface area contributed by atoms with Gasteiger partial charge in [0.15, 0.2) is 0 Å². The minimum Gasteiger partial charge on any atom is -0.497 e. The second-order valence-corrected chi connectivity index (χ2v) is 10.4. The van der Waals surface area contributed by atoms with E-state index in [9.17, 15) is 18.0 Å². The maximum absolute atomic E-state index is 13.8. The predicted octanol–water partition coefficient (Wildman–Crippen LogP) is 3.75. The highest BCUT2D eigenvalue weighted by molar-refractivity contribution is 7.92. The van der Waals surface area contributed by atoms with Gasteiger partial charge in [-0.15, -0.1) is 0 Å². The highest BCUT2D eigenvalue weighted by Crippen LogP contribution is 2.26. The molecule has 3 rings (SSSR count). The van der Waals surface area contributed by atoms with E-state index in [4.69, 9.17) is 4.74 Å². The lowest BCUT2D eigenvalue weighted by molar-refractivity contribution is -0.140. The van der Waals surface area contributed by atoms with E-state index >= 15 is 0 Å². The van der Waals surface area contributed by atoms with Gasteiger partial charge in [-0.2, -0.15) is 0 Å². The van der Waals surface area contributed by atoms with Crippen molar-refractivity contribution in [1.82, 2.24) is 10.2 Å². The normalized spacial score (nSPS) is 11.9. The highest BCUT2D eigenvalue weighted by atomic mass is 32.2. The molecule has 196 valence electrons. The Morgan fingerprint density at radius 3 is 2.22 bits per heavy atom. The molecule has 0 fully saturated rings. The summed E-state index contributed by atoms with van der Waals surface area (Å²) >= 11 is 0. The van der Waals surface area contributed by atoms with Gasteiger partial charge in [0.1, 0.15) is 18.3 Å². The Bertz CT molecular complexity index is 1310. The van der Waals surface area contributed by atoms with Crippen molar-refractivity contribution in [1.29, 1.82) is 0 Å². The van der Waals surface area contributed by atoms with Gasteiger partial charge in [-0.1, -0.05) is 55.0 Å². The molecule has 8 nitrogen and oxygen atoms in total. The molecule has 0 heterocycles. The third-order valence-corrected chi connectivity index (χ3v) is 7.83. The number of para-hydroxylation sites is 1. The zero-order chi connectivity index (χ0) is 27.0. The number of nitrogens with zero attached hydrogens (tertiary/aromatic N) is 2. The van der Waals surface area contributed by atoms with Crippen LogP contribution in [0.15, 0.2) is 83.8 Å². The number of amides is 2. The van der Waals surface area contributed by atoms with Gasteiger partial charge in [0.25, 0.3) is 10.0 Å². The zero-order valence-electron chi connectivity index (χ0n) is 21.5. The fourth-order valence-corrected chi connectivity index (χ4v) is 5.51. The summed E-state index contributed by atoms with van der Waals surface area (Å²) in [6, 6.07) is 21.4. The van der Waals surface area contributed by atoms with Crippen molar-refractivity contribution < 1.29 is 22.7 Å². The van der Waals surface area contributed by atoms with Crippen LogP contribution in [0.1, 0.15) is 24.5 Å². The van der Waals surface area contributed by atoms with Crippen molar-refractivity contribution in [3.05, 3.63) is 90.0 Å². The van der Waals surface area contributed by atoms with Crippen molar-refractivity contribution in [3.8, 4) is 5.75 Å². The fourth-order valence-electron chi connectivity index (χ4n) is 4.09. The largest absolute Gasteiger partial charge is 0.497 e. The lowest BCUT2D eigenvalue weighted by Gasteiger charge is -2.33. The number of likely N-dealkylation sites (N-methyl/N-ethyl adjacent to an activating group) is 1. The number of carbonyl (C=O) groups is 2. The van der Waals surface area contributed by atoms with Crippen LogP contribution in [-0.4, -0.2) is 51.9 Å². The second-order valence-electron chi connectivity index (χ2n) is 8.57. The van der Waals surface area contributed by atoms with Gasteiger partial charge in [-0.05, 0) is 55.3 Å². The predicted molar refractivity (Wildman–Crippen MR) is 144 cm³/mol. The molecule has 0 unspecified atom stereocenters. The number of rotatable bonds is 11. The monoisotopic (exact) mass is 523 g/mol. The van der Waals surface area contributed by atoms with E-state index in [1.165, 1.54) is 31.2 Å². The summed E-state index contributed by atoms with van der Waals surface area (Å²) in [5.74, 6) is -0.285. The van der Waals surface area contributed by atoms with Gasteiger partial charge in [0.2, 0.25) is 11.8 Å². The van der Waals surface area contributed by atoms with E-state index < -0.39 is 28.5 Å². The molecule has 9 heteroatoms. The molecule has 0 aromatic heterocycles. The maximum atomic E-state index is 13.8. The van der Waals surface area contributed by atoms with E-state index in [1.54, 1.807) is 42.5 Å². The molecule has 3 aromatic rings. The SMILES string of the molecule is CC[C@H](C(=O)NC)N(Cc1cccc(C)c1)C(=O)CN(c1ccccc1)S(=O)(=O)c1ccc(OC)cc1. The number of sulfonamides is 1. The molecule has 0 saturated carbocycles. The van der Waals surface area contributed by atoms with Crippen LogP contribution in [0.3, 0.4) is 0 Å². The fraction of sp³-hybridized carbons (Fsp3) is 0.286. The summed E-state index contributed by atoms with van der Waals surface area (Å²) in [7, 11) is -1.10. The number of hydrogen-bond donors (Lipinski definition) is 1. The van der Waals surface area contributed by atoms with Gasteiger partial charge in [0.05, 0.1) is 17.7 Å². The lowest BCUT2D eigenvalue weighted by atomic mass is 10.1. The second kappa shape index (κ2) is 12.4. The smallest absolute Gasteiger partial charge is 0.264 e. The molecule has 0 spiro atoms. The van der Waals surface area contributed by atoms with Crippen molar-refractivity contribution in [3.63, 3.8) is 0 Å². The van der Waals surface area contributed by atoms with Crippen LogP contribution in [0.4, 0.5) is 5.69 Å². The molecular weight excluding hydrogens is 490 g/mol. The number of aryl methyl sites for hydroxylation is 1. The van der Waals surface area contributed by atoms with Gasteiger partial charge in [-0.3, -0.25) is 13.9 Å². The first-order valence-electron chi connectivity index (χ1n) is 12.0. The van der Waals surface area contributed by atoms with Crippen molar-refractivity contribution in [2.75, 3.05) is 25.0 Å². The van der Waals surface area contributed by atoms with Gasteiger partial charge < -0.3 is 15.0 Å². The number of carbonyl (C=O) groups excluding carboxylic acids is 2. The van der Waals surface area contributed by atoms with Crippen LogP contribution in [0, 0.1) is 6.92 Å². The topological polar surface area (TPSA) is 96.0 Å². The standard InChI is InChI=1S/C28H33N3O5S/c1-5-26(28(33)29-3)30(19-22-11-9-10-21(2)18-22)27(32)20-31(23-12-7-6-8-13-23)37(34,35)25-16-14-24(36-4)15-17-25/h6-18,26H,5,19-20H2,1-4H3,(H,29,33)/t26-/m1/s1. The Hall–Kier alpha value is -3.85. The number of ether oxygens (including phenoxy) is 1. The Balaban J connectivity index is 2.03. The molecule has 37 heavy (non-hydrogen) atoms. The molecule has 0 bridgehead atoms. The van der Waals surface area contributed by atoms with E-state index in [0.29, 0.717) is 17.9 Å². The summed E-state index contributed by atoms with van der Waals surface area (Å²) in [5.41, 5.74) is 2.21. The average molecular weight is 524 g/mol. The Kier molecular flexibility index (Phi) is 9.30. The number of benzene rings is 3. The molecule has 1 N–H and O–H groups in total. The molecule has 1 atom stereocenters. The highest BCUT2D eigenvalue weighted by Gasteiger charge is 2.33. The molecule has 3 aromatic carbocycles. The zero-order valence-corrected chi connectivity index (χ0v) is 22.4. The Morgan fingerprint density at radius 1 is 0.973 bits per heavy atom.